The summed E-state index contributed by atoms with van der Waals surface area (Å²) in [5.74, 6) is -0.618. The fraction of sp³-hybridized carbons (Fsp3) is 0.909. The van der Waals surface area contributed by atoms with Crippen molar-refractivity contribution in [2.75, 3.05) is 19.9 Å². The van der Waals surface area contributed by atoms with Gasteiger partial charge in [0.25, 0.3) is 0 Å². The molecule has 0 heterocycles. The van der Waals surface area contributed by atoms with Crippen molar-refractivity contribution in [3.63, 3.8) is 0 Å². The lowest BCUT2D eigenvalue weighted by molar-refractivity contribution is -0.119. The van der Waals surface area contributed by atoms with Crippen molar-refractivity contribution >= 4 is 15.9 Å². The Kier molecular flexibility index (Phi) is 4.74. The molecule has 1 amide bonds. The molecule has 3 unspecified atom stereocenters. The summed E-state index contributed by atoms with van der Waals surface area (Å²) >= 11 is 0. The molecule has 1 aliphatic carbocycles. The fourth-order valence-corrected chi connectivity index (χ4v) is 2.71. The van der Waals surface area contributed by atoms with Crippen molar-refractivity contribution in [3.05, 3.63) is 0 Å². The fourth-order valence-electron chi connectivity index (χ4n) is 2.00. The number of sulfonamides is 1. The lowest BCUT2D eigenvalue weighted by Crippen LogP contribution is -2.42. The number of amides is 1. The molecule has 6 nitrogen and oxygen atoms in total. The van der Waals surface area contributed by atoms with Gasteiger partial charge in [-0.05, 0) is 26.2 Å². The van der Waals surface area contributed by atoms with Gasteiger partial charge in [0.05, 0.1) is 25.0 Å². The van der Waals surface area contributed by atoms with E-state index in [4.69, 9.17) is 10.5 Å². The first-order valence-corrected chi connectivity index (χ1v) is 7.83. The second-order valence-electron chi connectivity index (χ2n) is 5.14. The third-order valence-electron chi connectivity index (χ3n) is 3.29. The molecular weight excluding hydrogens is 256 g/mol. The monoisotopic (exact) mass is 278 g/mol. The summed E-state index contributed by atoms with van der Waals surface area (Å²) in [6, 6.07) is -0.320. The Hall–Kier alpha value is -0.660. The number of nitrogens with zero attached hydrogens (tertiary/aromatic N) is 1. The van der Waals surface area contributed by atoms with E-state index in [1.165, 1.54) is 11.4 Å². The van der Waals surface area contributed by atoms with E-state index in [-0.39, 0.29) is 36.5 Å². The van der Waals surface area contributed by atoms with Gasteiger partial charge in [0.1, 0.15) is 0 Å². The topological polar surface area (TPSA) is 89.7 Å². The quantitative estimate of drug-likeness (QED) is 0.698. The number of carbonyl (C=O) groups is 1. The van der Waals surface area contributed by atoms with Crippen LogP contribution in [0.4, 0.5) is 0 Å². The Morgan fingerprint density at radius 1 is 1.50 bits per heavy atom. The van der Waals surface area contributed by atoms with Gasteiger partial charge < -0.3 is 10.5 Å². The molecule has 0 aromatic heterocycles. The Morgan fingerprint density at radius 3 is 2.39 bits per heavy atom. The van der Waals surface area contributed by atoms with Gasteiger partial charge in [0.2, 0.25) is 15.9 Å². The number of nitrogens with two attached hydrogens (primary N) is 1. The van der Waals surface area contributed by atoms with Crippen LogP contribution >= 0.6 is 0 Å². The van der Waals surface area contributed by atoms with Gasteiger partial charge in [0.15, 0.2) is 0 Å². The van der Waals surface area contributed by atoms with Gasteiger partial charge in [-0.2, -0.15) is 4.31 Å². The lowest BCUT2D eigenvalue weighted by atomic mass is 10.1. The van der Waals surface area contributed by atoms with Crippen LogP contribution in [0, 0.1) is 11.8 Å². The Bertz CT molecular complexity index is 407. The van der Waals surface area contributed by atoms with Gasteiger partial charge in [-0.1, -0.05) is 0 Å². The molecule has 2 N–H and O–H groups in total. The average Bonchev–Trinajstić information content (AvgIpc) is 2.95. The third kappa shape index (κ3) is 3.93. The first kappa shape index (κ1) is 15.4. The van der Waals surface area contributed by atoms with E-state index in [1.54, 1.807) is 0 Å². The molecule has 0 radical (unpaired) electrons. The maximum absolute atomic E-state index is 11.6. The minimum atomic E-state index is -3.30. The highest BCUT2D eigenvalue weighted by atomic mass is 32.2. The molecule has 1 saturated carbocycles. The number of ether oxygens (including phenoxy) is 1. The van der Waals surface area contributed by atoms with Crippen molar-refractivity contribution in [1.82, 2.24) is 4.31 Å². The summed E-state index contributed by atoms with van der Waals surface area (Å²) in [6.45, 7) is 4.06. The third-order valence-corrected chi connectivity index (χ3v) is 4.61. The predicted molar refractivity (Wildman–Crippen MR) is 68.3 cm³/mol. The van der Waals surface area contributed by atoms with Crippen molar-refractivity contribution in [3.8, 4) is 0 Å². The zero-order chi connectivity index (χ0) is 14.1. The number of likely N-dealkylation sites (N-methyl/N-ethyl adjacent to an activating group) is 1. The van der Waals surface area contributed by atoms with Crippen LogP contribution < -0.4 is 5.73 Å². The minimum Gasteiger partial charge on any atom is -0.377 e. The number of hydrogen-bond acceptors (Lipinski definition) is 4. The van der Waals surface area contributed by atoms with Gasteiger partial charge in [-0.3, -0.25) is 4.79 Å². The minimum absolute atomic E-state index is 0.0197. The van der Waals surface area contributed by atoms with Crippen LogP contribution in [0.3, 0.4) is 0 Å². The van der Waals surface area contributed by atoms with Crippen molar-refractivity contribution < 1.29 is 17.9 Å². The van der Waals surface area contributed by atoms with Gasteiger partial charge in [-0.15, -0.1) is 0 Å². The summed E-state index contributed by atoms with van der Waals surface area (Å²) in [5, 5.41) is 0. The normalized spacial score (nSPS) is 25.4. The van der Waals surface area contributed by atoms with Crippen LogP contribution in [0.1, 0.15) is 20.3 Å². The average molecular weight is 278 g/mol. The Morgan fingerprint density at radius 2 is 2.06 bits per heavy atom. The first-order valence-electron chi connectivity index (χ1n) is 5.98. The van der Waals surface area contributed by atoms with E-state index in [0.717, 1.165) is 6.26 Å². The zero-order valence-electron chi connectivity index (χ0n) is 11.3. The molecule has 1 aliphatic rings. The van der Waals surface area contributed by atoms with E-state index in [1.807, 2.05) is 13.8 Å². The number of hydrogen-bond donors (Lipinski definition) is 1. The molecule has 0 spiro atoms. The van der Waals surface area contributed by atoms with E-state index in [9.17, 15) is 13.2 Å². The summed E-state index contributed by atoms with van der Waals surface area (Å²) in [5.41, 5.74) is 5.24. The molecule has 18 heavy (non-hydrogen) atoms. The molecule has 0 aliphatic heterocycles. The van der Waals surface area contributed by atoms with E-state index < -0.39 is 10.0 Å². The van der Waals surface area contributed by atoms with E-state index in [2.05, 4.69) is 0 Å². The summed E-state index contributed by atoms with van der Waals surface area (Å²) in [6.07, 6.45) is 1.81. The maximum atomic E-state index is 11.6. The SMILES string of the molecule is CC(C)OCC(C1CC1C(N)=O)N(C)S(C)(=O)=O. The largest absolute Gasteiger partial charge is 0.377 e. The van der Waals surface area contributed by atoms with E-state index in [0.29, 0.717) is 6.42 Å². The second-order valence-corrected chi connectivity index (χ2v) is 7.18. The van der Waals surface area contributed by atoms with Gasteiger partial charge in [-0.25, -0.2) is 8.42 Å². The van der Waals surface area contributed by atoms with Crippen LogP contribution in [0.2, 0.25) is 0 Å². The maximum Gasteiger partial charge on any atom is 0.220 e. The summed E-state index contributed by atoms with van der Waals surface area (Å²) in [4.78, 5) is 11.1. The Balaban J connectivity index is 2.74. The molecular formula is C11H22N2O4S. The molecule has 0 saturated heterocycles. The number of carbonyl (C=O) groups excluding carboxylic acids is 1. The highest BCUT2D eigenvalue weighted by Gasteiger charge is 2.49. The smallest absolute Gasteiger partial charge is 0.220 e. The molecule has 3 atom stereocenters. The standard InChI is InChI=1S/C11H22N2O4S/c1-7(2)17-6-10(13(3)18(4,15)16)8-5-9(8)11(12)14/h7-10H,5-6H2,1-4H3,(H2,12,14). The number of primary amides is 1. The van der Waals surface area contributed by atoms with Crippen LogP contribution in [-0.4, -0.2) is 50.7 Å². The van der Waals surface area contributed by atoms with Crippen LogP contribution in [0.5, 0.6) is 0 Å². The van der Waals surface area contributed by atoms with Crippen molar-refractivity contribution in [1.29, 1.82) is 0 Å². The lowest BCUT2D eigenvalue weighted by Gasteiger charge is -2.27. The van der Waals surface area contributed by atoms with Crippen molar-refractivity contribution in [2.45, 2.75) is 32.4 Å². The molecule has 0 bridgehead atoms. The van der Waals surface area contributed by atoms with Crippen LogP contribution in [-0.2, 0) is 19.6 Å². The van der Waals surface area contributed by atoms with Gasteiger partial charge in [0, 0.05) is 13.0 Å². The highest BCUT2D eigenvalue weighted by molar-refractivity contribution is 7.88. The zero-order valence-corrected chi connectivity index (χ0v) is 12.1. The highest BCUT2D eigenvalue weighted by Crippen LogP contribution is 2.43. The van der Waals surface area contributed by atoms with Crippen molar-refractivity contribution in [2.24, 2.45) is 17.6 Å². The molecule has 1 rings (SSSR count). The van der Waals surface area contributed by atoms with Gasteiger partial charge >= 0.3 is 0 Å². The molecule has 0 aromatic carbocycles. The van der Waals surface area contributed by atoms with E-state index >= 15 is 0 Å². The first-order chi connectivity index (χ1) is 8.14. The number of rotatable bonds is 7. The van der Waals surface area contributed by atoms with Crippen LogP contribution in [0.15, 0.2) is 0 Å². The molecule has 106 valence electrons. The Labute approximate surface area is 109 Å². The molecule has 0 aromatic rings. The van der Waals surface area contributed by atoms with Crippen LogP contribution in [0.25, 0.3) is 0 Å². The predicted octanol–water partition coefficient (Wildman–Crippen LogP) is -0.207. The summed E-state index contributed by atoms with van der Waals surface area (Å²) in [7, 11) is -1.79. The second kappa shape index (κ2) is 5.54. The molecule has 7 heteroatoms. The molecule has 1 fully saturated rings. The summed E-state index contributed by atoms with van der Waals surface area (Å²) < 4.78 is 29.9.